The van der Waals surface area contributed by atoms with Crippen molar-refractivity contribution in [3.05, 3.63) is 35.0 Å². The molecular formula is C13H12ClNO2. The van der Waals surface area contributed by atoms with Gasteiger partial charge in [0.05, 0.1) is 17.2 Å². The van der Waals surface area contributed by atoms with Gasteiger partial charge in [0.15, 0.2) is 6.29 Å². The Morgan fingerprint density at radius 1 is 1.35 bits per heavy atom. The van der Waals surface area contributed by atoms with Gasteiger partial charge < -0.3 is 4.74 Å². The van der Waals surface area contributed by atoms with Crippen molar-refractivity contribution in [1.29, 1.82) is 0 Å². The molecule has 0 radical (unpaired) electrons. The van der Waals surface area contributed by atoms with Crippen molar-refractivity contribution < 1.29 is 9.53 Å². The second kappa shape index (κ2) is 4.72. The molecule has 17 heavy (non-hydrogen) atoms. The zero-order chi connectivity index (χ0) is 12.4. The van der Waals surface area contributed by atoms with E-state index in [1.807, 2.05) is 32.0 Å². The Morgan fingerprint density at radius 3 is 2.76 bits per heavy atom. The van der Waals surface area contributed by atoms with Crippen LogP contribution in [0.15, 0.2) is 24.3 Å². The number of hydrogen-bond acceptors (Lipinski definition) is 3. The van der Waals surface area contributed by atoms with Gasteiger partial charge in [-0.15, -0.1) is 0 Å². The number of carbonyl (C=O) groups is 1. The van der Waals surface area contributed by atoms with Crippen LogP contribution in [0.25, 0.3) is 10.9 Å². The summed E-state index contributed by atoms with van der Waals surface area (Å²) >= 11 is 5.85. The number of benzene rings is 1. The maximum absolute atomic E-state index is 10.8. The fourth-order valence-electron chi connectivity index (χ4n) is 1.58. The molecular weight excluding hydrogens is 238 g/mol. The van der Waals surface area contributed by atoms with Crippen LogP contribution in [0, 0.1) is 0 Å². The average molecular weight is 250 g/mol. The number of hydrogen-bond donors (Lipinski definition) is 0. The Labute approximate surface area is 104 Å². The highest BCUT2D eigenvalue weighted by atomic mass is 35.5. The van der Waals surface area contributed by atoms with E-state index in [9.17, 15) is 4.79 Å². The smallest absolute Gasteiger partial charge is 0.153 e. The highest BCUT2D eigenvalue weighted by Gasteiger charge is 2.05. The summed E-state index contributed by atoms with van der Waals surface area (Å²) < 4.78 is 5.58. The van der Waals surface area contributed by atoms with Crippen molar-refractivity contribution >= 4 is 28.8 Å². The van der Waals surface area contributed by atoms with E-state index in [1.54, 1.807) is 6.07 Å². The van der Waals surface area contributed by atoms with E-state index in [-0.39, 0.29) is 11.3 Å². The fraction of sp³-hybridized carbons (Fsp3) is 0.231. The maximum Gasteiger partial charge on any atom is 0.153 e. The first-order valence-corrected chi connectivity index (χ1v) is 5.70. The van der Waals surface area contributed by atoms with Crippen LogP contribution in [0.3, 0.4) is 0 Å². The highest BCUT2D eigenvalue weighted by Crippen LogP contribution is 2.24. The number of nitrogens with zero attached hydrogens (tertiary/aromatic N) is 1. The average Bonchev–Trinajstić information content (AvgIpc) is 2.28. The third-order valence-electron chi connectivity index (χ3n) is 2.27. The lowest BCUT2D eigenvalue weighted by Crippen LogP contribution is -2.05. The van der Waals surface area contributed by atoms with Crippen LogP contribution in [0.4, 0.5) is 0 Å². The van der Waals surface area contributed by atoms with Gasteiger partial charge in [0.1, 0.15) is 10.9 Å². The molecule has 0 unspecified atom stereocenters. The summed E-state index contributed by atoms with van der Waals surface area (Å²) in [4.78, 5) is 14.9. The predicted molar refractivity (Wildman–Crippen MR) is 67.9 cm³/mol. The van der Waals surface area contributed by atoms with Gasteiger partial charge in [-0.3, -0.25) is 4.79 Å². The minimum Gasteiger partial charge on any atom is -0.491 e. The molecule has 2 rings (SSSR count). The lowest BCUT2D eigenvalue weighted by molar-refractivity contribution is 0.112. The SMILES string of the molecule is CC(C)Oc1ccc2nc(Cl)c(C=O)cc2c1. The van der Waals surface area contributed by atoms with Crippen LogP contribution in [0.1, 0.15) is 24.2 Å². The lowest BCUT2D eigenvalue weighted by atomic mass is 10.1. The number of halogens is 1. The number of carbonyl (C=O) groups excluding carboxylic acids is 1. The third kappa shape index (κ3) is 2.56. The number of rotatable bonds is 3. The Balaban J connectivity index is 2.52. The molecule has 0 saturated heterocycles. The standard InChI is InChI=1S/C13H12ClNO2/c1-8(2)17-11-3-4-12-9(6-11)5-10(7-16)13(14)15-12/h3-8H,1-2H3. The molecule has 0 bridgehead atoms. The molecule has 3 nitrogen and oxygen atoms in total. The summed E-state index contributed by atoms with van der Waals surface area (Å²) in [6.45, 7) is 3.92. The summed E-state index contributed by atoms with van der Waals surface area (Å²) in [5.74, 6) is 0.758. The summed E-state index contributed by atoms with van der Waals surface area (Å²) in [5, 5.41) is 1.07. The van der Waals surface area contributed by atoms with E-state index in [4.69, 9.17) is 16.3 Å². The minimum atomic E-state index is 0.109. The van der Waals surface area contributed by atoms with E-state index < -0.39 is 0 Å². The first-order chi connectivity index (χ1) is 8.10. The second-order valence-corrected chi connectivity index (χ2v) is 4.37. The molecule has 2 aromatic rings. The van der Waals surface area contributed by atoms with Crippen LogP contribution < -0.4 is 4.74 Å². The Kier molecular flexibility index (Phi) is 3.29. The zero-order valence-electron chi connectivity index (χ0n) is 9.61. The molecule has 0 amide bonds. The predicted octanol–water partition coefficient (Wildman–Crippen LogP) is 3.49. The number of fused-ring (bicyclic) bond motifs is 1. The molecule has 0 aliphatic rings. The number of pyridine rings is 1. The molecule has 4 heteroatoms. The molecule has 1 heterocycles. The highest BCUT2D eigenvalue weighted by molar-refractivity contribution is 6.32. The quantitative estimate of drug-likeness (QED) is 0.617. The Morgan fingerprint density at radius 2 is 2.12 bits per heavy atom. The van der Waals surface area contributed by atoms with E-state index in [2.05, 4.69) is 4.98 Å². The molecule has 88 valence electrons. The van der Waals surface area contributed by atoms with E-state index >= 15 is 0 Å². The third-order valence-corrected chi connectivity index (χ3v) is 2.57. The monoisotopic (exact) mass is 249 g/mol. The van der Waals surface area contributed by atoms with Gasteiger partial charge in [-0.1, -0.05) is 11.6 Å². The van der Waals surface area contributed by atoms with Crippen LogP contribution in [-0.4, -0.2) is 17.4 Å². The summed E-state index contributed by atoms with van der Waals surface area (Å²) in [6.07, 6.45) is 0.809. The van der Waals surface area contributed by atoms with Gasteiger partial charge in [-0.05, 0) is 38.1 Å². The largest absolute Gasteiger partial charge is 0.491 e. The summed E-state index contributed by atoms with van der Waals surface area (Å²) in [6, 6.07) is 7.23. The Bertz CT molecular complexity index is 567. The zero-order valence-corrected chi connectivity index (χ0v) is 10.4. The molecule has 0 spiro atoms. The first-order valence-electron chi connectivity index (χ1n) is 5.32. The summed E-state index contributed by atoms with van der Waals surface area (Å²) in [7, 11) is 0. The maximum atomic E-state index is 10.8. The molecule has 1 aromatic carbocycles. The van der Waals surface area contributed by atoms with Crippen LogP contribution in [0.2, 0.25) is 5.15 Å². The van der Waals surface area contributed by atoms with E-state index in [0.29, 0.717) is 11.8 Å². The van der Waals surface area contributed by atoms with Crippen molar-refractivity contribution in [3.8, 4) is 5.75 Å². The van der Waals surface area contributed by atoms with Crippen LogP contribution >= 0.6 is 11.6 Å². The number of ether oxygens (including phenoxy) is 1. The molecule has 0 N–H and O–H groups in total. The van der Waals surface area contributed by atoms with Crippen molar-refractivity contribution in [1.82, 2.24) is 4.98 Å². The van der Waals surface area contributed by atoms with E-state index in [1.165, 1.54) is 0 Å². The van der Waals surface area contributed by atoms with Crippen molar-refractivity contribution in [2.24, 2.45) is 0 Å². The fourth-order valence-corrected chi connectivity index (χ4v) is 1.77. The van der Waals surface area contributed by atoms with Gasteiger partial charge >= 0.3 is 0 Å². The van der Waals surface area contributed by atoms with Gasteiger partial charge in [0.2, 0.25) is 0 Å². The second-order valence-electron chi connectivity index (χ2n) is 4.01. The first kappa shape index (κ1) is 11.9. The molecule has 0 fully saturated rings. The summed E-state index contributed by atoms with van der Waals surface area (Å²) in [5.41, 5.74) is 1.14. The molecule has 0 aliphatic carbocycles. The van der Waals surface area contributed by atoms with Gasteiger partial charge in [-0.2, -0.15) is 0 Å². The van der Waals surface area contributed by atoms with Crippen LogP contribution in [0.5, 0.6) is 5.75 Å². The van der Waals surface area contributed by atoms with Crippen molar-refractivity contribution in [2.45, 2.75) is 20.0 Å². The number of aromatic nitrogens is 1. The van der Waals surface area contributed by atoms with E-state index in [0.717, 1.165) is 16.7 Å². The van der Waals surface area contributed by atoms with Crippen LogP contribution in [-0.2, 0) is 0 Å². The molecule has 1 aromatic heterocycles. The molecule has 0 atom stereocenters. The topological polar surface area (TPSA) is 39.2 Å². The van der Waals surface area contributed by atoms with Crippen molar-refractivity contribution in [2.75, 3.05) is 0 Å². The van der Waals surface area contributed by atoms with Gasteiger partial charge in [-0.25, -0.2) is 4.98 Å². The lowest BCUT2D eigenvalue weighted by Gasteiger charge is -2.10. The van der Waals surface area contributed by atoms with Crippen molar-refractivity contribution in [3.63, 3.8) is 0 Å². The van der Waals surface area contributed by atoms with Gasteiger partial charge in [0, 0.05) is 5.39 Å². The molecule has 0 aliphatic heterocycles. The van der Waals surface area contributed by atoms with Gasteiger partial charge in [0.25, 0.3) is 0 Å². The molecule has 0 saturated carbocycles. The normalized spacial score (nSPS) is 10.8. The minimum absolute atomic E-state index is 0.109. The Hall–Kier alpha value is -1.61. The number of aldehydes is 1.